The van der Waals surface area contributed by atoms with Gasteiger partial charge in [0.05, 0.1) is 23.7 Å². The quantitative estimate of drug-likeness (QED) is 0.605. The molecule has 3 rings (SSSR count). The highest BCUT2D eigenvalue weighted by molar-refractivity contribution is 6.22. The number of nitrogens with one attached hydrogen (secondary N) is 1. The van der Waals surface area contributed by atoms with Crippen LogP contribution >= 0.6 is 0 Å². The van der Waals surface area contributed by atoms with Crippen LogP contribution in [0.1, 0.15) is 26.7 Å². The summed E-state index contributed by atoms with van der Waals surface area (Å²) in [4.78, 5) is 19.9. The number of allylic oxidation sites excluding steroid dienone is 2. The van der Waals surface area contributed by atoms with Gasteiger partial charge >= 0.3 is 0 Å². The lowest BCUT2D eigenvalue weighted by Crippen LogP contribution is -2.25. The van der Waals surface area contributed by atoms with E-state index >= 15 is 0 Å². The van der Waals surface area contributed by atoms with E-state index in [0.29, 0.717) is 30.2 Å². The lowest BCUT2D eigenvalue weighted by atomic mass is 10.1. The average Bonchev–Trinajstić information content (AvgIpc) is 3.29. The van der Waals surface area contributed by atoms with E-state index in [-0.39, 0.29) is 30.2 Å². The number of ether oxygens (including phenoxy) is 1. The van der Waals surface area contributed by atoms with Gasteiger partial charge in [-0.2, -0.15) is 0 Å². The Morgan fingerprint density at radius 1 is 1.21 bits per heavy atom. The third kappa shape index (κ3) is 3.62. The van der Waals surface area contributed by atoms with Crippen LogP contribution in [0.2, 0.25) is 0 Å². The Kier molecular flexibility index (Phi) is 6.03. The summed E-state index contributed by atoms with van der Waals surface area (Å²) in [5, 5.41) is 17.0. The highest BCUT2D eigenvalue weighted by Crippen LogP contribution is 2.30. The lowest BCUT2D eigenvalue weighted by molar-refractivity contribution is 0.156. The Hall–Kier alpha value is -2.81. The molecule has 0 aromatic carbocycles. The fourth-order valence-electron chi connectivity index (χ4n) is 3.62. The zero-order valence-electron chi connectivity index (χ0n) is 16.4. The first-order valence-corrected chi connectivity index (χ1v) is 9.70. The Labute approximate surface area is 163 Å². The smallest absolute Gasteiger partial charge is 0.294 e. The molecule has 2 heterocycles. The first kappa shape index (κ1) is 19.9. The second-order valence-electron chi connectivity index (χ2n) is 6.69. The molecule has 4 N–H and O–H groups in total. The molecule has 0 spiro atoms. The van der Waals surface area contributed by atoms with Gasteiger partial charge in [-0.1, -0.05) is 0 Å². The van der Waals surface area contributed by atoms with E-state index in [1.165, 1.54) is 6.08 Å². The second kappa shape index (κ2) is 8.47. The van der Waals surface area contributed by atoms with Crippen molar-refractivity contribution < 1.29 is 9.84 Å². The standard InChI is InChI=1S/C19H28N6O3/c1-3-24-18(23-7-5-6-8-23)17(19(27)25(24)4-2)22-15-12-16(28-10-9-26)14(21)11-13(15)20/h11-12,21,26H,3-10,20H2,1-2H3. The molecule has 152 valence electrons. The van der Waals surface area contributed by atoms with Gasteiger partial charge in [-0.05, 0) is 32.8 Å². The molecule has 1 aromatic rings. The van der Waals surface area contributed by atoms with Crippen molar-refractivity contribution in [2.24, 2.45) is 10.7 Å². The van der Waals surface area contributed by atoms with E-state index in [0.717, 1.165) is 31.7 Å². The summed E-state index contributed by atoms with van der Waals surface area (Å²) < 4.78 is 9.07. The van der Waals surface area contributed by atoms with E-state index in [9.17, 15) is 4.79 Å². The van der Waals surface area contributed by atoms with Crippen LogP contribution in [0, 0.1) is 5.41 Å². The third-order valence-corrected chi connectivity index (χ3v) is 4.90. The fraction of sp³-hybridized carbons (Fsp3) is 0.526. The SMILES string of the molecule is CCn1c(N2CCCC2)c(N=C2C=C(OCCO)C(=N)C=C2N)c(=O)n1CC. The summed E-state index contributed by atoms with van der Waals surface area (Å²) in [6.45, 7) is 6.86. The molecule has 0 amide bonds. The van der Waals surface area contributed by atoms with Crippen LogP contribution in [0.3, 0.4) is 0 Å². The average molecular weight is 388 g/mol. The summed E-state index contributed by atoms with van der Waals surface area (Å²) in [5.74, 6) is 1.09. The number of aliphatic imine (C=N–C) groups is 1. The number of nitrogens with zero attached hydrogens (tertiary/aromatic N) is 4. The highest BCUT2D eigenvalue weighted by atomic mass is 16.5. The van der Waals surface area contributed by atoms with Crippen LogP contribution < -0.4 is 16.2 Å². The molecule has 0 saturated carbocycles. The van der Waals surface area contributed by atoms with Crippen molar-refractivity contribution in [1.82, 2.24) is 9.36 Å². The topological polar surface area (TPSA) is 122 Å². The van der Waals surface area contributed by atoms with Gasteiger partial charge in [0.2, 0.25) is 0 Å². The minimum Gasteiger partial charge on any atom is -0.489 e. The Morgan fingerprint density at radius 3 is 2.50 bits per heavy atom. The Balaban J connectivity index is 2.13. The van der Waals surface area contributed by atoms with E-state index in [1.54, 1.807) is 10.8 Å². The van der Waals surface area contributed by atoms with Crippen molar-refractivity contribution in [2.45, 2.75) is 39.8 Å². The van der Waals surface area contributed by atoms with Crippen molar-refractivity contribution in [3.63, 3.8) is 0 Å². The first-order chi connectivity index (χ1) is 13.5. The molecular weight excluding hydrogens is 360 g/mol. The molecule has 0 atom stereocenters. The van der Waals surface area contributed by atoms with Gasteiger partial charge in [0, 0.05) is 32.3 Å². The first-order valence-electron chi connectivity index (χ1n) is 9.70. The normalized spacial score (nSPS) is 18.6. The van der Waals surface area contributed by atoms with Crippen LogP contribution in [0.25, 0.3) is 0 Å². The van der Waals surface area contributed by atoms with Gasteiger partial charge in [0.1, 0.15) is 12.4 Å². The van der Waals surface area contributed by atoms with Crippen LogP contribution in [-0.2, 0) is 17.8 Å². The predicted octanol–water partition coefficient (Wildman–Crippen LogP) is 1.13. The number of anilines is 1. The summed E-state index contributed by atoms with van der Waals surface area (Å²) >= 11 is 0. The summed E-state index contributed by atoms with van der Waals surface area (Å²) in [5.41, 5.74) is 7.10. The van der Waals surface area contributed by atoms with Crippen molar-refractivity contribution in [2.75, 3.05) is 31.2 Å². The lowest BCUT2D eigenvalue weighted by Gasteiger charge is -2.21. The minimum atomic E-state index is -0.157. The monoisotopic (exact) mass is 388 g/mol. The predicted molar refractivity (Wildman–Crippen MR) is 110 cm³/mol. The molecule has 9 nitrogen and oxygen atoms in total. The van der Waals surface area contributed by atoms with E-state index in [4.69, 9.17) is 21.0 Å². The molecule has 1 aliphatic carbocycles. The van der Waals surface area contributed by atoms with Gasteiger partial charge in [-0.3, -0.25) is 14.9 Å². The zero-order valence-corrected chi connectivity index (χ0v) is 16.4. The maximum atomic E-state index is 13.1. The van der Waals surface area contributed by atoms with Crippen LogP contribution in [-0.4, -0.2) is 52.2 Å². The summed E-state index contributed by atoms with van der Waals surface area (Å²) in [6.07, 6.45) is 5.18. The van der Waals surface area contributed by atoms with Gasteiger partial charge in [0.15, 0.2) is 11.5 Å². The van der Waals surface area contributed by atoms with Crippen molar-refractivity contribution in [1.29, 1.82) is 5.41 Å². The van der Waals surface area contributed by atoms with Gasteiger partial charge < -0.3 is 20.5 Å². The molecule has 2 aliphatic rings. The van der Waals surface area contributed by atoms with Crippen molar-refractivity contribution >= 4 is 22.9 Å². The second-order valence-corrected chi connectivity index (χ2v) is 6.69. The third-order valence-electron chi connectivity index (χ3n) is 4.90. The van der Waals surface area contributed by atoms with E-state index < -0.39 is 0 Å². The van der Waals surface area contributed by atoms with Crippen LogP contribution in [0.5, 0.6) is 0 Å². The van der Waals surface area contributed by atoms with E-state index in [1.807, 2.05) is 18.5 Å². The molecule has 1 saturated heterocycles. The van der Waals surface area contributed by atoms with Crippen LogP contribution in [0.15, 0.2) is 33.4 Å². The van der Waals surface area contributed by atoms with Gasteiger partial charge in [0.25, 0.3) is 5.56 Å². The summed E-state index contributed by atoms with van der Waals surface area (Å²) in [6, 6.07) is 0. The number of hydrogen-bond acceptors (Lipinski definition) is 7. The molecule has 1 aliphatic heterocycles. The summed E-state index contributed by atoms with van der Waals surface area (Å²) in [7, 11) is 0. The van der Waals surface area contributed by atoms with Crippen molar-refractivity contribution in [3.05, 3.63) is 34.0 Å². The number of aliphatic hydroxyl groups is 1. The molecular formula is C19H28N6O3. The zero-order chi connectivity index (χ0) is 20.3. The molecule has 1 aromatic heterocycles. The molecule has 0 bridgehead atoms. The van der Waals surface area contributed by atoms with Gasteiger partial charge in [-0.25, -0.2) is 9.67 Å². The van der Waals surface area contributed by atoms with Crippen LogP contribution in [0.4, 0.5) is 11.5 Å². The van der Waals surface area contributed by atoms with Crippen molar-refractivity contribution in [3.8, 4) is 0 Å². The fourth-order valence-corrected chi connectivity index (χ4v) is 3.62. The highest BCUT2D eigenvalue weighted by Gasteiger charge is 2.26. The number of rotatable bonds is 7. The number of aromatic nitrogens is 2. The maximum Gasteiger partial charge on any atom is 0.294 e. The Bertz CT molecular complexity index is 900. The molecule has 1 fully saturated rings. The molecule has 0 radical (unpaired) electrons. The Morgan fingerprint density at radius 2 is 1.89 bits per heavy atom. The van der Waals surface area contributed by atoms with E-state index in [2.05, 4.69) is 9.89 Å². The molecule has 9 heteroatoms. The number of nitrogens with two attached hydrogens (primary N) is 1. The molecule has 28 heavy (non-hydrogen) atoms. The van der Waals surface area contributed by atoms with Gasteiger partial charge in [-0.15, -0.1) is 0 Å². The maximum absolute atomic E-state index is 13.1. The number of aliphatic hydroxyl groups excluding tert-OH is 1. The minimum absolute atomic E-state index is 0.0725. The number of hydrogen-bond donors (Lipinski definition) is 3. The largest absolute Gasteiger partial charge is 0.489 e. The molecule has 0 unspecified atom stereocenters.